The summed E-state index contributed by atoms with van der Waals surface area (Å²) in [5.74, 6) is 9.03. The van der Waals surface area contributed by atoms with Crippen molar-refractivity contribution in [1.82, 2.24) is 14.7 Å². The fourth-order valence-electron chi connectivity index (χ4n) is 4.09. The van der Waals surface area contributed by atoms with Gasteiger partial charge in [-0.1, -0.05) is 63.4 Å². The quantitative estimate of drug-likeness (QED) is 0.380. The van der Waals surface area contributed by atoms with Crippen LogP contribution >= 0.6 is 9.21 Å². The van der Waals surface area contributed by atoms with Crippen LogP contribution < -0.4 is 0 Å². The lowest BCUT2D eigenvalue weighted by atomic mass is 9.87. The summed E-state index contributed by atoms with van der Waals surface area (Å²) in [5, 5.41) is 3.71. The van der Waals surface area contributed by atoms with E-state index in [2.05, 4.69) is 80.6 Å². The Balaban J connectivity index is 1.59. The molecule has 3 aromatic rings. The third-order valence-corrected chi connectivity index (χ3v) is 8.52. The molecule has 0 N–H and O–H groups in total. The van der Waals surface area contributed by atoms with Crippen LogP contribution in [0.15, 0.2) is 71.0 Å². The predicted molar refractivity (Wildman–Crippen MR) is 137 cm³/mol. The number of fused-ring (bicyclic) bond motifs is 1. The van der Waals surface area contributed by atoms with E-state index in [4.69, 9.17) is 0 Å². The first kappa shape index (κ1) is 24.2. The molecule has 7 heteroatoms. The molecule has 0 saturated heterocycles. The zero-order valence-corrected chi connectivity index (χ0v) is 20.6. The van der Waals surface area contributed by atoms with Crippen molar-refractivity contribution in [2.24, 2.45) is 0 Å². The maximum Gasteiger partial charge on any atom is 0.435 e. The van der Waals surface area contributed by atoms with Crippen LogP contribution in [0.1, 0.15) is 43.3 Å². The van der Waals surface area contributed by atoms with Gasteiger partial charge in [0.05, 0.1) is 17.9 Å². The molecule has 0 amide bonds. The van der Waals surface area contributed by atoms with Gasteiger partial charge in [-0.15, -0.1) is 0 Å². The van der Waals surface area contributed by atoms with E-state index >= 15 is 0 Å². The highest BCUT2D eigenvalue weighted by molar-refractivity contribution is 8.27. The Hall–Kier alpha value is -2.93. The van der Waals surface area contributed by atoms with Crippen LogP contribution in [-0.2, 0) is 24.7 Å². The first-order valence-corrected chi connectivity index (χ1v) is 13.0. The average Bonchev–Trinajstić information content (AvgIpc) is 3.21. The molecule has 2 aromatic carbocycles. The van der Waals surface area contributed by atoms with Gasteiger partial charge in [0.15, 0.2) is 5.69 Å². The smallest absolute Gasteiger partial charge is 0.364 e. The average molecular weight is 486 g/mol. The molecule has 1 aliphatic heterocycles. The summed E-state index contributed by atoms with van der Waals surface area (Å²) in [6.07, 6.45) is -4.47. The van der Waals surface area contributed by atoms with Gasteiger partial charge in [-0.3, -0.25) is 4.68 Å². The Morgan fingerprint density at radius 3 is 2.24 bits per heavy atom. The van der Waals surface area contributed by atoms with Crippen molar-refractivity contribution < 1.29 is 13.2 Å². The fraction of sp³-hybridized carbons (Fsp3) is 0.296. The molecule has 1 aromatic heterocycles. The van der Waals surface area contributed by atoms with Crippen molar-refractivity contribution >= 4 is 26.6 Å². The van der Waals surface area contributed by atoms with Crippen LogP contribution in [0.25, 0.3) is 5.70 Å². The van der Waals surface area contributed by atoms with E-state index in [1.165, 1.54) is 10.2 Å². The van der Waals surface area contributed by atoms with Crippen LogP contribution in [0.5, 0.6) is 0 Å². The maximum absolute atomic E-state index is 13.1. The molecule has 3 nitrogen and oxygen atoms in total. The normalized spacial score (nSPS) is 14.9. The molecule has 0 aliphatic carbocycles. The summed E-state index contributed by atoms with van der Waals surface area (Å²) >= 11 is 0. The Labute approximate surface area is 200 Å². The molecule has 0 fully saturated rings. The highest BCUT2D eigenvalue weighted by Crippen LogP contribution is 2.42. The molecule has 0 bridgehead atoms. The van der Waals surface area contributed by atoms with Gasteiger partial charge in [0.2, 0.25) is 0 Å². The van der Waals surface area contributed by atoms with Crippen LogP contribution in [-0.4, -0.2) is 33.0 Å². The minimum absolute atomic E-state index is 0.0283. The van der Waals surface area contributed by atoms with Crippen LogP contribution in [0.2, 0.25) is 0 Å². The van der Waals surface area contributed by atoms with Crippen molar-refractivity contribution in [3.05, 3.63) is 83.7 Å². The highest BCUT2D eigenvalue weighted by atomic mass is 32.2. The monoisotopic (exact) mass is 485 g/mol. The molecule has 0 atom stereocenters. The second-order valence-corrected chi connectivity index (χ2v) is 12.5. The molecule has 180 valence electrons. The van der Waals surface area contributed by atoms with Crippen LogP contribution in [0, 0.1) is 0 Å². The molecular weight excluding hydrogens is 455 g/mol. The van der Waals surface area contributed by atoms with E-state index in [9.17, 15) is 13.2 Å². The lowest BCUT2D eigenvalue weighted by Crippen LogP contribution is -2.32. The van der Waals surface area contributed by atoms with Gasteiger partial charge >= 0.3 is 6.18 Å². The molecule has 1 aliphatic rings. The maximum atomic E-state index is 13.1. The van der Waals surface area contributed by atoms with Crippen molar-refractivity contribution in [1.29, 1.82) is 0 Å². The van der Waals surface area contributed by atoms with E-state index in [0.717, 1.165) is 21.4 Å². The van der Waals surface area contributed by atoms with Gasteiger partial charge in [0.25, 0.3) is 0 Å². The van der Waals surface area contributed by atoms with Gasteiger partial charge in [-0.05, 0) is 46.9 Å². The van der Waals surface area contributed by atoms with Crippen molar-refractivity contribution in [3.8, 4) is 0 Å². The van der Waals surface area contributed by atoms with Gasteiger partial charge < -0.3 is 4.90 Å². The van der Waals surface area contributed by atoms with Crippen LogP contribution in [0.3, 0.4) is 0 Å². The number of nitrogens with zero attached hydrogens (tertiary/aromatic N) is 3. The van der Waals surface area contributed by atoms with Crippen LogP contribution in [0.4, 0.5) is 13.2 Å². The van der Waals surface area contributed by atoms with Gasteiger partial charge in [-0.2, -0.15) is 27.5 Å². The number of hydrogen-bond acceptors (Lipinski definition) is 2. The fourth-order valence-corrected chi connectivity index (χ4v) is 5.77. The SMILES string of the molecule is C=C1c2cc(C(F)(F)F)nn2CCN1Cc1cccc(S(=C)(=C)c2cccc(C(C)(C)C)c2)c1. The van der Waals surface area contributed by atoms with Crippen molar-refractivity contribution in [2.45, 2.75) is 55.2 Å². The Kier molecular flexibility index (Phi) is 5.96. The summed E-state index contributed by atoms with van der Waals surface area (Å²) in [7, 11) is -1.74. The van der Waals surface area contributed by atoms with E-state index in [0.29, 0.717) is 31.0 Å². The summed E-state index contributed by atoms with van der Waals surface area (Å²) in [6.45, 7) is 12.1. The first-order valence-electron chi connectivity index (χ1n) is 11.0. The molecular formula is C27H30F3N3S. The third-order valence-electron chi connectivity index (χ3n) is 6.20. The number of halogens is 3. The van der Waals surface area contributed by atoms with E-state index in [1.807, 2.05) is 17.0 Å². The molecule has 2 heterocycles. The van der Waals surface area contributed by atoms with Gasteiger partial charge in [0.1, 0.15) is 0 Å². The number of aromatic nitrogens is 2. The Morgan fingerprint density at radius 2 is 1.59 bits per heavy atom. The molecule has 4 rings (SSSR count). The summed E-state index contributed by atoms with van der Waals surface area (Å²) in [5.41, 5.74) is 2.38. The Bertz CT molecular complexity index is 1340. The van der Waals surface area contributed by atoms with Gasteiger partial charge in [-0.25, -0.2) is 0 Å². The zero-order chi connectivity index (χ0) is 24.9. The van der Waals surface area contributed by atoms with E-state index in [1.54, 1.807) is 0 Å². The zero-order valence-electron chi connectivity index (χ0n) is 19.8. The number of rotatable bonds is 4. The van der Waals surface area contributed by atoms with E-state index < -0.39 is 21.1 Å². The van der Waals surface area contributed by atoms with E-state index in [-0.39, 0.29) is 5.41 Å². The van der Waals surface area contributed by atoms with Gasteiger partial charge in [0, 0.05) is 22.9 Å². The largest absolute Gasteiger partial charge is 0.435 e. The number of alkyl halides is 3. The summed E-state index contributed by atoms with van der Waals surface area (Å²) in [4.78, 5) is 4.17. The Morgan fingerprint density at radius 1 is 0.941 bits per heavy atom. The molecule has 0 saturated carbocycles. The number of hydrogen-bond donors (Lipinski definition) is 0. The predicted octanol–water partition coefficient (Wildman–Crippen LogP) is 6.77. The standard InChI is InChI=1S/C27H30F3N3S/c1-19-24-17-25(27(28,29)30)31-33(24)14-13-32(19)18-20-9-7-11-22(15-20)34(5,6)23-12-8-10-21(16-23)26(2,3)4/h7-12,15-17H,1,5-6,13-14,18H2,2-4H3. The molecule has 0 spiro atoms. The minimum atomic E-state index is -4.47. The second kappa shape index (κ2) is 8.38. The summed E-state index contributed by atoms with van der Waals surface area (Å²) < 4.78 is 40.7. The summed E-state index contributed by atoms with van der Waals surface area (Å²) in [6, 6.07) is 17.7. The topological polar surface area (TPSA) is 21.1 Å². The highest BCUT2D eigenvalue weighted by Gasteiger charge is 2.36. The lowest BCUT2D eigenvalue weighted by Gasteiger charge is -2.31. The third kappa shape index (κ3) is 4.67. The molecule has 0 unspecified atom stereocenters. The lowest BCUT2D eigenvalue weighted by molar-refractivity contribution is -0.141. The first-order chi connectivity index (χ1) is 15.8. The minimum Gasteiger partial charge on any atom is -0.364 e. The van der Waals surface area contributed by atoms with Crippen molar-refractivity contribution in [2.75, 3.05) is 6.54 Å². The second-order valence-electron chi connectivity index (χ2n) is 9.81. The number of benzene rings is 2. The van der Waals surface area contributed by atoms with Crippen molar-refractivity contribution in [3.63, 3.8) is 0 Å². The molecule has 34 heavy (non-hydrogen) atoms. The molecule has 0 radical (unpaired) electrons.